The number of aliphatic hydroxyl groups is 1. The smallest absolute Gasteiger partial charge is 0.393 e. The van der Waals surface area contributed by atoms with Crippen molar-refractivity contribution in [3.63, 3.8) is 0 Å². The predicted octanol–water partition coefficient (Wildman–Crippen LogP) is 6.25. The highest BCUT2D eigenvalue weighted by Crippen LogP contribution is 2.49. The van der Waals surface area contributed by atoms with Crippen LogP contribution in [0.15, 0.2) is 48.2 Å². The Balaban J connectivity index is 1.47. The third-order valence-electron chi connectivity index (χ3n) is 8.43. The van der Waals surface area contributed by atoms with E-state index in [9.17, 15) is 27.5 Å². The summed E-state index contributed by atoms with van der Waals surface area (Å²) in [6.07, 6.45) is -1.26. The molecule has 2 aromatic carbocycles. The Morgan fingerprint density at radius 2 is 1.87 bits per heavy atom. The highest BCUT2D eigenvalue weighted by Gasteiger charge is 2.47. The number of benzene rings is 2. The fourth-order valence-corrected chi connectivity index (χ4v) is 6.70. The first-order chi connectivity index (χ1) is 18.0. The zero-order valence-electron chi connectivity index (χ0n) is 21.6. The number of ketones is 1. The van der Waals surface area contributed by atoms with Crippen molar-refractivity contribution in [3.8, 4) is 0 Å². The fraction of sp³-hybridized carbons (Fsp3) is 0.500. The molecule has 2 aliphatic carbocycles. The van der Waals surface area contributed by atoms with Gasteiger partial charge in [-0.1, -0.05) is 17.7 Å². The van der Waals surface area contributed by atoms with Crippen LogP contribution in [0.4, 0.5) is 17.6 Å². The molecule has 1 heterocycles. The minimum atomic E-state index is -4.50. The first-order valence-corrected chi connectivity index (χ1v) is 13.2. The van der Waals surface area contributed by atoms with Gasteiger partial charge >= 0.3 is 6.18 Å². The first-order valence-electron chi connectivity index (χ1n) is 13.2. The summed E-state index contributed by atoms with van der Waals surface area (Å²) >= 11 is 0. The van der Waals surface area contributed by atoms with E-state index >= 15 is 0 Å². The number of allylic oxidation sites excluding steroid dienone is 2. The molecule has 4 nitrogen and oxygen atoms in total. The minimum Gasteiger partial charge on any atom is -0.393 e. The molecule has 5 rings (SSSR count). The van der Waals surface area contributed by atoms with Crippen LogP contribution in [0.3, 0.4) is 0 Å². The standard InChI is InChI=1S/C30H33F4NO3/c1-17-9-20(12-21(10-17)30(32,33)34)28(16-36)38-27-8-3-19-14-35(23-5-6-24(37)13-23)15-26(19)29(27)25-7-4-22(31)11-18(25)2/h4,7,9-13,19,26-29,36H,3,5-6,8,14-16H2,1-2H3/t19-,26-,27+,28-,29+/m1/s1. The maximum absolute atomic E-state index is 14.0. The monoisotopic (exact) mass is 531 g/mol. The van der Waals surface area contributed by atoms with Crippen molar-refractivity contribution in [2.45, 2.75) is 63.8 Å². The van der Waals surface area contributed by atoms with Crippen LogP contribution in [-0.4, -0.2) is 41.6 Å². The summed E-state index contributed by atoms with van der Waals surface area (Å²) in [4.78, 5) is 14.2. The number of ether oxygens (including phenoxy) is 1. The van der Waals surface area contributed by atoms with E-state index in [4.69, 9.17) is 4.74 Å². The Morgan fingerprint density at radius 1 is 1.08 bits per heavy atom. The molecule has 0 unspecified atom stereocenters. The van der Waals surface area contributed by atoms with Crippen LogP contribution in [0.5, 0.6) is 0 Å². The molecule has 38 heavy (non-hydrogen) atoms. The normalized spacial score (nSPS) is 26.4. The van der Waals surface area contributed by atoms with Crippen molar-refractivity contribution in [1.82, 2.24) is 4.90 Å². The number of rotatable bonds is 6. The largest absolute Gasteiger partial charge is 0.416 e. The predicted molar refractivity (Wildman–Crippen MR) is 135 cm³/mol. The van der Waals surface area contributed by atoms with Crippen LogP contribution in [0.2, 0.25) is 0 Å². The summed E-state index contributed by atoms with van der Waals surface area (Å²) in [5, 5.41) is 10.2. The molecule has 3 aliphatic rings. The molecule has 5 atom stereocenters. The third kappa shape index (κ3) is 5.38. The van der Waals surface area contributed by atoms with E-state index in [1.807, 2.05) is 6.92 Å². The summed E-state index contributed by atoms with van der Waals surface area (Å²) in [6.45, 7) is 4.57. The van der Waals surface area contributed by atoms with Crippen molar-refractivity contribution in [2.75, 3.05) is 19.7 Å². The molecule has 0 bridgehead atoms. The highest BCUT2D eigenvalue weighted by atomic mass is 19.4. The lowest BCUT2D eigenvalue weighted by molar-refractivity contribution is -0.138. The van der Waals surface area contributed by atoms with Crippen molar-refractivity contribution in [3.05, 3.63) is 81.8 Å². The van der Waals surface area contributed by atoms with Gasteiger partial charge in [0.15, 0.2) is 5.78 Å². The molecule has 0 amide bonds. The van der Waals surface area contributed by atoms with E-state index in [0.29, 0.717) is 29.9 Å². The number of aliphatic hydroxyl groups excluding tert-OH is 1. The zero-order valence-corrected chi connectivity index (χ0v) is 21.6. The van der Waals surface area contributed by atoms with Gasteiger partial charge in [-0.15, -0.1) is 0 Å². The molecule has 204 valence electrons. The molecule has 0 spiro atoms. The van der Waals surface area contributed by atoms with Gasteiger partial charge in [0, 0.05) is 37.2 Å². The number of carbonyl (C=O) groups excluding carboxylic acids is 1. The van der Waals surface area contributed by atoms with Gasteiger partial charge in [0.25, 0.3) is 0 Å². The number of nitrogens with zero attached hydrogens (tertiary/aromatic N) is 1. The Morgan fingerprint density at radius 3 is 2.53 bits per heavy atom. The van der Waals surface area contributed by atoms with E-state index in [2.05, 4.69) is 4.90 Å². The van der Waals surface area contributed by atoms with E-state index in [-0.39, 0.29) is 29.5 Å². The van der Waals surface area contributed by atoms with Crippen molar-refractivity contribution in [1.29, 1.82) is 0 Å². The van der Waals surface area contributed by atoms with Crippen molar-refractivity contribution < 1.29 is 32.2 Å². The molecular formula is C30H33F4NO3. The molecule has 1 aliphatic heterocycles. The maximum atomic E-state index is 14.0. The second-order valence-corrected chi connectivity index (χ2v) is 11.0. The first kappa shape index (κ1) is 26.9. The lowest BCUT2D eigenvalue weighted by Gasteiger charge is -2.41. The van der Waals surface area contributed by atoms with Crippen LogP contribution in [0.25, 0.3) is 0 Å². The van der Waals surface area contributed by atoms with Crippen molar-refractivity contribution in [2.24, 2.45) is 11.8 Å². The molecular weight excluding hydrogens is 498 g/mol. The van der Waals surface area contributed by atoms with Gasteiger partial charge in [-0.05, 0) is 85.9 Å². The number of halogens is 4. The van der Waals surface area contributed by atoms with Crippen LogP contribution >= 0.6 is 0 Å². The van der Waals surface area contributed by atoms with E-state index in [1.165, 1.54) is 12.1 Å². The molecule has 2 fully saturated rings. The lowest BCUT2D eigenvalue weighted by Crippen LogP contribution is -2.39. The molecule has 0 aromatic heterocycles. The maximum Gasteiger partial charge on any atom is 0.416 e. The number of aryl methyl sites for hydroxylation is 2. The number of hydrogen-bond acceptors (Lipinski definition) is 4. The van der Waals surface area contributed by atoms with E-state index < -0.39 is 24.5 Å². The average Bonchev–Trinajstić information content (AvgIpc) is 3.48. The fourth-order valence-electron chi connectivity index (χ4n) is 6.70. The quantitative estimate of drug-likeness (QED) is 0.448. The van der Waals surface area contributed by atoms with Crippen molar-refractivity contribution >= 4 is 5.78 Å². The van der Waals surface area contributed by atoms with E-state index in [1.54, 1.807) is 25.1 Å². The van der Waals surface area contributed by atoms with Gasteiger partial charge in [-0.3, -0.25) is 4.79 Å². The molecule has 1 N–H and O–H groups in total. The van der Waals surface area contributed by atoms with Gasteiger partial charge in [0.2, 0.25) is 0 Å². The molecule has 8 heteroatoms. The molecule has 1 saturated heterocycles. The number of carbonyl (C=O) groups is 1. The summed E-state index contributed by atoms with van der Waals surface area (Å²) < 4.78 is 61.0. The number of alkyl halides is 3. The van der Waals surface area contributed by atoms with E-state index in [0.717, 1.165) is 54.9 Å². The van der Waals surface area contributed by atoms with Crippen LogP contribution in [0, 0.1) is 31.5 Å². The lowest BCUT2D eigenvalue weighted by atomic mass is 9.68. The molecule has 1 saturated carbocycles. The Bertz CT molecular complexity index is 1240. The second kappa shape index (κ2) is 10.5. The number of hydrogen-bond donors (Lipinski definition) is 1. The van der Waals surface area contributed by atoms with Gasteiger partial charge in [0.1, 0.15) is 11.9 Å². The third-order valence-corrected chi connectivity index (χ3v) is 8.43. The SMILES string of the molecule is Cc1cc([C@@H](CO)O[C@H]2CC[C@@H]3CN(C4=CC(=O)CC4)C[C@H]3[C@@H]2c2ccc(F)cc2C)cc(C(F)(F)F)c1. The average molecular weight is 532 g/mol. The second-order valence-electron chi connectivity index (χ2n) is 11.0. The summed E-state index contributed by atoms with van der Waals surface area (Å²) in [7, 11) is 0. The van der Waals surface area contributed by atoms with Gasteiger partial charge in [-0.2, -0.15) is 13.2 Å². The number of fused-ring (bicyclic) bond motifs is 1. The van der Waals surface area contributed by atoms with Crippen LogP contribution in [-0.2, 0) is 15.7 Å². The van der Waals surface area contributed by atoms with Gasteiger partial charge < -0.3 is 14.7 Å². The summed E-state index contributed by atoms with van der Waals surface area (Å²) in [5.41, 5.74) is 2.78. The topological polar surface area (TPSA) is 49.8 Å². The molecule has 2 aromatic rings. The zero-order chi connectivity index (χ0) is 27.2. The Kier molecular flexibility index (Phi) is 7.40. The Hall–Kier alpha value is -2.71. The molecule has 0 radical (unpaired) electrons. The minimum absolute atomic E-state index is 0.127. The van der Waals surface area contributed by atoms with Crippen LogP contribution < -0.4 is 0 Å². The Labute approximate surface area is 220 Å². The summed E-state index contributed by atoms with van der Waals surface area (Å²) in [6, 6.07) is 8.49. The highest BCUT2D eigenvalue weighted by molar-refractivity contribution is 5.92. The number of likely N-dealkylation sites (tertiary alicyclic amines) is 1. The van der Waals surface area contributed by atoms with Gasteiger partial charge in [-0.25, -0.2) is 4.39 Å². The van der Waals surface area contributed by atoms with Gasteiger partial charge in [0.05, 0.1) is 18.3 Å². The summed E-state index contributed by atoms with van der Waals surface area (Å²) in [5.74, 6) is 0.204. The van der Waals surface area contributed by atoms with Crippen LogP contribution in [0.1, 0.15) is 65.5 Å².